The summed E-state index contributed by atoms with van der Waals surface area (Å²) in [6, 6.07) is 11.8. The fourth-order valence-corrected chi connectivity index (χ4v) is 7.04. The van der Waals surface area contributed by atoms with Crippen LogP contribution in [0.1, 0.15) is 74.3 Å². The Hall–Kier alpha value is -2.60. The van der Waals surface area contributed by atoms with Gasteiger partial charge in [-0.15, -0.1) is 0 Å². The molecule has 0 amide bonds. The van der Waals surface area contributed by atoms with Crippen LogP contribution in [0.2, 0.25) is 0 Å². The Balaban J connectivity index is 1.46. The van der Waals surface area contributed by atoms with Crippen molar-refractivity contribution in [1.82, 2.24) is 0 Å². The smallest absolute Gasteiger partial charge is 0.00853 e. The lowest BCUT2D eigenvalue weighted by Gasteiger charge is -2.31. The zero-order valence-corrected chi connectivity index (χ0v) is 22.5. The summed E-state index contributed by atoms with van der Waals surface area (Å²) < 4.78 is 0. The Kier molecular flexibility index (Phi) is 6.51. The molecule has 0 nitrogen and oxygen atoms in total. The molecule has 2 aromatic rings. The van der Waals surface area contributed by atoms with Crippen LogP contribution in [0, 0.1) is 37.5 Å². The third-order valence-corrected chi connectivity index (χ3v) is 9.31. The highest BCUT2D eigenvalue weighted by atomic mass is 14.3. The van der Waals surface area contributed by atoms with E-state index in [9.17, 15) is 0 Å². The lowest BCUT2D eigenvalue weighted by Crippen LogP contribution is -2.18. The van der Waals surface area contributed by atoms with Gasteiger partial charge in [0.25, 0.3) is 0 Å². The zero-order chi connectivity index (χ0) is 24.9. The Morgan fingerprint density at radius 3 is 2.49 bits per heavy atom. The number of benzene rings is 2. The average molecular weight is 463 g/mol. The predicted molar refractivity (Wildman–Crippen MR) is 153 cm³/mol. The van der Waals surface area contributed by atoms with Crippen molar-refractivity contribution in [3.63, 3.8) is 0 Å². The molecule has 0 heteroatoms. The van der Waals surface area contributed by atoms with Crippen molar-refractivity contribution in [1.29, 1.82) is 0 Å². The molecule has 3 aliphatic rings. The van der Waals surface area contributed by atoms with E-state index in [1.807, 2.05) is 0 Å². The Morgan fingerprint density at radius 2 is 1.74 bits per heavy atom. The SMILES string of the molecule is C=C1C(C)=CC(C)C(=C)C1CC1=Cc2cccc(-c3cc(C)cc(C)c3C[C@@H]3CCC[C@@H]3C)c2C1. The quantitative estimate of drug-likeness (QED) is 0.388. The van der Waals surface area contributed by atoms with Crippen LogP contribution in [0.5, 0.6) is 0 Å². The highest BCUT2D eigenvalue weighted by Crippen LogP contribution is 2.44. The van der Waals surface area contributed by atoms with Gasteiger partial charge in [0.2, 0.25) is 0 Å². The van der Waals surface area contributed by atoms with Gasteiger partial charge in [0.05, 0.1) is 0 Å². The van der Waals surface area contributed by atoms with Crippen LogP contribution in [-0.4, -0.2) is 0 Å². The molecule has 4 atom stereocenters. The first kappa shape index (κ1) is 24.1. The first-order valence-corrected chi connectivity index (χ1v) is 13.7. The van der Waals surface area contributed by atoms with Crippen LogP contribution in [-0.2, 0) is 12.8 Å². The molecule has 0 spiro atoms. The van der Waals surface area contributed by atoms with Crippen molar-refractivity contribution in [2.24, 2.45) is 23.7 Å². The topological polar surface area (TPSA) is 0 Å². The molecular formula is C35H42. The maximum Gasteiger partial charge on any atom is 0.00853 e. The van der Waals surface area contributed by atoms with Gasteiger partial charge in [0, 0.05) is 5.92 Å². The van der Waals surface area contributed by atoms with E-state index >= 15 is 0 Å². The minimum absolute atomic E-state index is 0.361. The largest absolute Gasteiger partial charge is 0.0986 e. The molecule has 0 N–H and O–H groups in total. The Labute approximate surface area is 213 Å². The first-order chi connectivity index (χ1) is 16.7. The fraction of sp³-hybridized carbons (Fsp3) is 0.429. The molecule has 0 aromatic heterocycles. The van der Waals surface area contributed by atoms with Gasteiger partial charge in [-0.25, -0.2) is 0 Å². The fourth-order valence-electron chi connectivity index (χ4n) is 7.04. The maximum absolute atomic E-state index is 4.47. The van der Waals surface area contributed by atoms with Crippen molar-refractivity contribution in [3.8, 4) is 11.1 Å². The molecule has 1 fully saturated rings. The van der Waals surface area contributed by atoms with Crippen LogP contribution >= 0.6 is 0 Å². The van der Waals surface area contributed by atoms with E-state index in [2.05, 4.69) is 90.3 Å². The monoisotopic (exact) mass is 462 g/mol. The Bertz CT molecular complexity index is 1250. The van der Waals surface area contributed by atoms with E-state index in [-0.39, 0.29) is 0 Å². The van der Waals surface area contributed by atoms with E-state index in [1.54, 1.807) is 5.56 Å². The van der Waals surface area contributed by atoms with Crippen molar-refractivity contribution in [2.75, 3.05) is 0 Å². The molecule has 5 rings (SSSR count). The Morgan fingerprint density at radius 1 is 0.943 bits per heavy atom. The third kappa shape index (κ3) is 4.53. The minimum Gasteiger partial charge on any atom is -0.0986 e. The van der Waals surface area contributed by atoms with Crippen LogP contribution in [0.25, 0.3) is 17.2 Å². The van der Waals surface area contributed by atoms with Crippen LogP contribution in [0.4, 0.5) is 0 Å². The summed E-state index contributed by atoms with van der Waals surface area (Å²) in [5, 5.41) is 0. The van der Waals surface area contributed by atoms with Gasteiger partial charge in [-0.2, -0.15) is 0 Å². The third-order valence-electron chi connectivity index (χ3n) is 9.31. The van der Waals surface area contributed by atoms with Gasteiger partial charge in [-0.3, -0.25) is 0 Å². The van der Waals surface area contributed by atoms with E-state index in [1.165, 1.54) is 81.4 Å². The van der Waals surface area contributed by atoms with Gasteiger partial charge in [-0.05, 0) is 103 Å². The number of allylic oxidation sites excluding steroid dienone is 5. The summed E-state index contributed by atoms with van der Waals surface area (Å²) in [6.07, 6.45) is 12.3. The summed E-state index contributed by atoms with van der Waals surface area (Å²) in [5.41, 5.74) is 15.7. The molecule has 0 bridgehead atoms. The molecule has 2 aromatic carbocycles. The highest BCUT2D eigenvalue weighted by Gasteiger charge is 2.29. The number of fused-ring (bicyclic) bond motifs is 1. The first-order valence-electron chi connectivity index (χ1n) is 13.7. The van der Waals surface area contributed by atoms with Crippen LogP contribution in [0.3, 0.4) is 0 Å². The summed E-state index contributed by atoms with van der Waals surface area (Å²) >= 11 is 0. The van der Waals surface area contributed by atoms with E-state index in [0.717, 1.165) is 24.7 Å². The van der Waals surface area contributed by atoms with Crippen molar-refractivity contribution >= 4 is 6.08 Å². The number of aryl methyl sites for hydroxylation is 2. The average Bonchev–Trinajstić information content (AvgIpc) is 3.42. The molecule has 0 saturated heterocycles. The number of rotatable bonds is 5. The summed E-state index contributed by atoms with van der Waals surface area (Å²) in [6.45, 7) is 20.4. The normalized spacial score (nSPS) is 26.1. The lowest BCUT2D eigenvalue weighted by molar-refractivity contribution is 0.417. The number of hydrogen-bond acceptors (Lipinski definition) is 0. The van der Waals surface area contributed by atoms with Gasteiger partial charge in [-0.1, -0.05) is 105 Å². The molecule has 0 aliphatic heterocycles. The lowest BCUT2D eigenvalue weighted by atomic mass is 9.74. The number of hydrogen-bond donors (Lipinski definition) is 0. The van der Waals surface area contributed by atoms with Gasteiger partial charge in [0.15, 0.2) is 0 Å². The summed E-state index contributed by atoms with van der Waals surface area (Å²) in [4.78, 5) is 0. The molecule has 1 saturated carbocycles. The van der Waals surface area contributed by atoms with Gasteiger partial charge >= 0.3 is 0 Å². The van der Waals surface area contributed by atoms with E-state index in [4.69, 9.17) is 0 Å². The van der Waals surface area contributed by atoms with Crippen LogP contribution < -0.4 is 0 Å². The minimum atomic E-state index is 0.361. The van der Waals surface area contributed by atoms with E-state index < -0.39 is 0 Å². The highest BCUT2D eigenvalue weighted by molar-refractivity contribution is 5.80. The molecule has 0 heterocycles. The molecule has 0 radical (unpaired) electrons. The molecule has 35 heavy (non-hydrogen) atoms. The molecule has 2 unspecified atom stereocenters. The second-order valence-corrected chi connectivity index (χ2v) is 11.8. The van der Waals surface area contributed by atoms with Crippen molar-refractivity contribution < 1.29 is 0 Å². The van der Waals surface area contributed by atoms with Crippen LogP contribution in [0.15, 0.2) is 71.9 Å². The maximum atomic E-state index is 4.47. The molecule has 182 valence electrons. The van der Waals surface area contributed by atoms with Gasteiger partial charge in [0.1, 0.15) is 0 Å². The zero-order valence-electron chi connectivity index (χ0n) is 22.5. The standard InChI is InChI=1S/C35H42/c1-21-14-25(5)32(20-29-11-8-10-22(29)2)35(15-21)31-13-9-12-30-17-28(19-34(30)31)18-33-26(6)23(3)16-24(4)27(33)7/h9,12-17,22-23,29,33H,6-8,10-11,18-20H2,1-5H3/t22-,23?,29-,33?/m0/s1. The van der Waals surface area contributed by atoms with Gasteiger partial charge < -0.3 is 0 Å². The summed E-state index contributed by atoms with van der Waals surface area (Å²) in [5.74, 6) is 2.46. The molecule has 3 aliphatic carbocycles. The van der Waals surface area contributed by atoms with Crippen molar-refractivity contribution in [2.45, 2.75) is 73.1 Å². The molecular weight excluding hydrogens is 420 g/mol. The predicted octanol–water partition coefficient (Wildman–Crippen LogP) is 9.60. The van der Waals surface area contributed by atoms with E-state index in [0.29, 0.717) is 11.8 Å². The summed E-state index contributed by atoms with van der Waals surface area (Å²) in [7, 11) is 0. The second-order valence-electron chi connectivity index (χ2n) is 11.8. The van der Waals surface area contributed by atoms with Crippen molar-refractivity contribution in [3.05, 3.63) is 99.7 Å². The second kappa shape index (κ2) is 9.45.